The average molecular weight is 281 g/mol. The fourth-order valence-electron chi connectivity index (χ4n) is 2.63. The molecule has 108 valence electrons. The van der Waals surface area contributed by atoms with E-state index in [1.165, 1.54) is 11.1 Å². The molecule has 0 aliphatic heterocycles. The molecule has 0 fully saturated rings. The van der Waals surface area contributed by atoms with Gasteiger partial charge >= 0.3 is 0 Å². The maximum atomic E-state index is 5.29. The molecule has 0 bridgehead atoms. The van der Waals surface area contributed by atoms with E-state index in [4.69, 9.17) is 4.74 Å². The zero-order valence-electron chi connectivity index (χ0n) is 12.3. The van der Waals surface area contributed by atoms with Gasteiger partial charge in [-0.05, 0) is 43.3 Å². The minimum atomic E-state index is 0.219. The lowest BCUT2D eigenvalue weighted by atomic mass is 10.00. The molecule has 1 unspecified atom stereocenters. The SMILES string of the molecule is CNC(Cc1cccc(OC)c1)c1cnn2ccccc12. The second-order valence-corrected chi connectivity index (χ2v) is 5.03. The summed E-state index contributed by atoms with van der Waals surface area (Å²) in [6.45, 7) is 0. The molecule has 1 aromatic carbocycles. The smallest absolute Gasteiger partial charge is 0.119 e. The maximum Gasteiger partial charge on any atom is 0.119 e. The van der Waals surface area contributed by atoms with E-state index in [-0.39, 0.29) is 6.04 Å². The van der Waals surface area contributed by atoms with Gasteiger partial charge in [0.1, 0.15) is 5.75 Å². The molecular formula is C17H19N3O. The molecule has 0 radical (unpaired) electrons. The summed E-state index contributed by atoms with van der Waals surface area (Å²) in [6, 6.07) is 14.5. The van der Waals surface area contributed by atoms with Crippen LogP contribution in [0.3, 0.4) is 0 Å². The molecule has 4 nitrogen and oxygen atoms in total. The molecule has 4 heteroatoms. The summed E-state index contributed by atoms with van der Waals surface area (Å²) in [6.07, 6.45) is 4.80. The Balaban J connectivity index is 1.91. The Hall–Kier alpha value is -2.33. The van der Waals surface area contributed by atoms with Gasteiger partial charge in [-0.1, -0.05) is 18.2 Å². The summed E-state index contributed by atoms with van der Waals surface area (Å²) in [4.78, 5) is 0. The molecule has 3 aromatic rings. The van der Waals surface area contributed by atoms with Gasteiger partial charge in [-0.25, -0.2) is 4.52 Å². The number of nitrogens with zero attached hydrogens (tertiary/aromatic N) is 2. The molecule has 0 aliphatic rings. The van der Waals surface area contributed by atoms with Crippen LogP contribution in [0.25, 0.3) is 5.52 Å². The van der Waals surface area contributed by atoms with Crippen LogP contribution in [0.15, 0.2) is 54.9 Å². The molecule has 0 aliphatic carbocycles. The minimum absolute atomic E-state index is 0.219. The Morgan fingerprint density at radius 3 is 2.95 bits per heavy atom. The predicted molar refractivity (Wildman–Crippen MR) is 83.7 cm³/mol. The summed E-state index contributed by atoms with van der Waals surface area (Å²) in [7, 11) is 3.68. The van der Waals surface area contributed by atoms with Crippen LogP contribution in [-0.4, -0.2) is 23.8 Å². The van der Waals surface area contributed by atoms with Crippen LogP contribution in [0.1, 0.15) is 17.2 Å². The highest BCUT2D eigenvalue weighted by molar-refractivity contribution is 5.55. The highest BCUT2D eigenvalue weighted by Gasteiger charge is 2.15. The lowest BCUT2D eigenvalue weighted by molar-refractivity contribution is 0.414. The van der Waals surface area contributed by atoms with Crippen molar-refractivity contribution in [2.24, 2.45) is 0 Å². The number of benzene rings is 1. The van der Waals surface area contributed by atoms with Gasteiger partial charge in [-0.2, -0.15) is 5.10 Å². The Kier molecular flexibility index (Phi) is 3.88. The largest absolute Gasteiger partial charge is 0.497 e. The number of aromatic nitrogens is 2. The first-order valence-electron chi connectivity index (χ1n) is 7.04. The van der Waals surface area contributed by atoms with Crippen molar-refractivity contribution < 1.29 is 4.74 Å². The lowest BCUT2D eigenvalue weighted by Crippen LogP contribution is -2.18. The van der Waals surface area contributed by atoms with Crippen LogP contribution in [-0.2, 0) is 6.42 Å². The number of rotatable bonds is 5. The van der Waals surface area contributed by atoms with Gasteiger partial charge in [0.05, 0.1) is 18.8 Å². The maximum absolute atomic E-state index is 5.29. The van der Waals surface area contributed by atoms with Gasteiger partial charge < -0.3 is 10.1 Å². The molecule has 2 heterocycles. The van der Waals surface area contributed by atoms with E-state index in [0.29, 0.717) is 0 Å². The second kappa shape index (κ2) is 5.97. The summed E-state index contributed by atoms with van der Waals surface area (Å²) < 4.78 is 7.20. The number of hydrogen-bond acceptors (Lipinski definition) is 3. The molecule has 2 aromatic heterocycles. The van der Waals surface area contributed by atoms with E-state index in [0.717, 1.165) is 17.7 Å². The molecule has 1 atom stereocenters. The number of ether oxygens (including phenoxy) is 1. The predicted octanol–water partition coefficient (Wildman–Crippen LogP) is 2.85. The number of methoxy groups -OCH3 is 1. The van der Waals surface area contributed by atoms with Crippen molar-refractivity contribution >= 4 is 5.52 Å². The van der Waals surface area contributed by atoms with E-state index < -0.39 is 0 Å². The van der Waals surface area contributed by atoms with Crippen molar-refractivity contribution in [1.29, 1.82) is 0 Å². The molecular weight excluding hydrogens is 262 g/mol. The van der Waals surface area contributed by atoms with Crippen LogP contribution < -0.4 is 10.1 Å². The molecule has 0 spiro atoms. The fraction of sp³-hybridized carbons (Fsp3) is 0.235. The minimum Gasteiger partial charge on any atom is -0.497 e. The third kappa shape index (κ3) is 2.76. The van der Waals surface area contributed by atoms with E-state index in [1.54, 1.807) is 7.11 Å². The number of likely N-dealkylation sites (N-methyl/N-ethyl adjacent to an activating group) is 1. The molecule has 0 saturated carbocycles. The Morgan fingerprint density at radius 1 is 1.24 bits per heavy atom. The Bertz CT molecular complexity index is 735. The van der Waals surface area contributed by atoms with Crippen LogP contribution in [0.2, 0.25) is 0 Å². The highest BCUT2D eigenvalue weighted by atomic mass is 16.5. The molecule has 0 amide bonds. The van der Waals surface area contributed by atoms with Crippen LogP contribution >= 0.6 is 0 Å². The summed E-state index contributed by atoms with van der Waals surface area (Å²) in [5, 5.41) is 7.80. The Morgan fingerprint density at radius 2 is 2.14 bits per heavy atom. The van der Waals surface area contributed by atoms with E-state index in [9.17, 15) is 0 Å². The first-order valence-corrected chi connectivity index (χ1v) is 7.04. The molecule has 21 heavy (non-hydrogen) atoms. The zero-order chi connectivity index (χ0) is 14.7. The Labute approximate surface area is 124 Å². The quantitative estimate of drug-likeness (QED) is 0.781. The van der Waals surface area contributed by atoms with Gasteiger partial charge in [0.25, 0.3) is 0 Å². The monoisotopic (exact) mass is 281 g/mol. The van der Waals surface area contributed by atoms with Gasteiger partial charge in [-0.15, -0.1) is 0 Å². The third-order valence-electron chi connectivity index (χ3n) is 3.75. The number of hydrogen-bond donors (Lipinski definition) is 1. The van der Waals surface area contributed by atoms with Crippen LogP contribution in [0.4, 0.5) is 0 Å². The standard InChI is InChI=1S/C17H19N3O/c1-18-16(11-13-6-5-7-14(10-13)21-2)15-12-19-20-9-4-3-8-17(15)20/h3-10,12,16,18H,11H2,1-2H3. The average Bonchev–Trinajstić information content (AvgIpc) is 2.97. The summed E-state index contributed by atoms with van der Waals surface area (Å²) in [5.41, 5.74) is 3.59. The normalized spacial score (nSPS) is 12.5. The van der Waals surface area contributed by atoms with Gasteiger partial charge in [0.15, 0.2) is 0 Å². The van der Waals surface area contributed by atoms with Crippen molar-refractivity contribution in [3.8, 4) is 5.75 Å². The molecule has 1 N–H and O–H groups in total. The molecule has 3 rings (SSSR count). The zero-order valence-corrected chi connectivity index (χ0v) is 12.3. The topological polar surface area (TPSA) is 38.6 Å². The van der Waals surface area contributed by atoms with Crippen LogP contribution in [0, 0.1) is 0 Å². The molecule has 0 saturated heterocycles. The van der Waals surface area contributed by atoms with Crippen molar-refractivity contribution in [3.63, 3.8) is 0 Å². The first kappa shape index (κ1) is 13.6. The van der Waals surface area contributed by atoms with Crippen LogP contribution in [0.5, 0.6) is 5.75 Å². The second-order valence-electron chi connectivity index (χ2n) is 5.03. The first-order chi connectivity index (χ1) is 10.3. The van der Waals surface area contributed by atoms with Crippen molar-refractivity contribution in [2.45, 2.75) is 12.5 Å². The van der Waals surface area contributed by atoms with Crippen molar-refractivity contribution in [1.82, 2.24) is 14.9 Å². The van der Waals surface area contributed by atoms with E-state index in [2.05, 4.69) is 28.6 Å². The van der Waals surface area contributed by atoms with Gasteiger partial charge in [-0.3, -0.25) is 0 Å². The van der Waals surface area contributed by atoms with Crippen molar-refractivity contribution in [2.75, 3.05) is 14.2 Å². The third-order valence-corrected chi connectivity index (χ3v) is 3.75. The summed E-state index contributed by atoms with van der Waals surface area (Å²) in [5.74, 6) is 0.891. The highest BCUT2D eigenvalue weighted by Crippen LogP contribution is 2.24. The van der Waals surface area contributed by atoms with Crippen molar-refractivity contribution in [3.05, 3.63) is 66.0 Å². The fourth-order valence-corrected chi connectivity index (χ4v) is 2.63. The lowest BCUT2D eigenvalue weighted by Gasteiger charge is -2.16. The number of pyridine rings is 1. The van der Waals surface area contributed by atoms with E-state index in [1.807, 2.05) is 48.2 Å². The summed E-state index contributed by atoms with van der Waals surface area (Å²) >= 11 is 0. The number of nitrogens with one attached hydrogen (secondary N) is 1. The van der Waals surface area contributed by atoms with Gasteiger partial charge in [0, 0.05) is 17.8 Å². The number of fused-ring (bicyclic) bond motifs is 1. The van der Waals surface area contributed by atoms with Gasteiger partial charge in [0.2, 0.25) is 0 Å². The van der Waals surface area contributed by atoms with E-state index >= 15 is 0 Å².